The van der Waals surface area contributed by atoms with E-state index in [1.54, 1.807) is 0 Å². The largest absolute Gasteiger partial charge is 0.464 e. The lowest BCUT2D eigenvalue weighted by molar-refractivity contribution is -0.0190. The van der Waals surface area contributed by atoms with Gasteiger partial charge in [0.25, 0.3) is 0 Å². The van der Waals surface area contributed by atoms with E-state index in [0.717, 1.165) is 33.5 Å². The highest BCUT2D eigenvalue weighted by Crippen LogP contribution is 2.47. The lowest BCUT2D eigenvalue weighted by Crippen LogP contribution is -2.33. The number of hydrogen-bond acceptors (Lipinski definition) is 3. The van der Waals surface area contributed by atoms with Gasteiger partial charge in [0.1, 0.15) is 5.75 Å². The molecule has 3 aromatic carbocycles. The third-order valence-corrected chi connectivity index (χ3v) is 6.29. The molecule has 2 unspecified atom stereocenters. The SMILES string of the molecule is CC(C)c1ccc(C2Oc3ccccc3C3CC(c4ccc(Br)cc4)=NN32)cc1. The summed E-state index contributed by atoms with van der Waals surface area (Å²) in [6.45, 7) is 4.43. The van der Waals surface area contributed by atoms with Gasteiger partial charge in [-0.2, -0.15) is 5.10 Å². The van der Waals surface area contributed by atoms with Crippen molar-refractivity contribution in [3.63, 3.8) is 0 Å². The van der Waals surface area contributed by atoms with Crippen LogP contribution in [0.4, 0.5) is 0 Å². The van der Waals surface area contributed by atoms with E-state index in [1.165, 1.54) is 11.1 Å². The minimum atomic E-state index is -0.218. The van der Waals surface area contributed by atoms with Gasteiger partial charge in [-0.05, 0) is 35.2 Å². The summed E-state index contributed by atoms with van der Waals surface area (Å²) in [6, 6.07) is 25.7. The molecule has 0 fully saturated rings. The average Bonchev–Trinajstić information content (AvgIpc) is 3.19. The second kappa shape index (κ2) is 7.34. The van der Waals surface area contributed by atoms with E-state index in [1.807, 2.05) is 6.07 Å². The van der Waals surface area contributed by atoms with Crippen molar-refractivity contribution in [1.29, 1.82) is 0 Å². The van der Waals surface area contributed by atoms with Crippen molar-refractivity contribution >= 4 is 21.6 Å². The normalized spacial score (nSPS) is 20.1. The van der Waals surface area contributed by atoms with E-state index < -0.39 is 0 Å². The molecule has 0 aromatic heterocycles. The fourth-order valence-electron chi connectivity index (χ4n) is 4.12. The van der Waals surface area contributed by atoms with Gasteiger partial charge < -0.3 is 4.74 Å². The molecule has 2 aliphatic rings. The Labute approximate surface area is 180 Å². The van der Waals surface area contributed by atoms with Crippen LogP contribution in [0.3, 0.4) is 0 Å². The Kier molecular flexibility index (Phi) is 4.67. The highest BCUT2D eigenvalue weighted by molar-refractivity contribution is 9.10. The number of halogens is 1. The van der Waals surface area contributed by atoms with Crippen LogP contribution in [0.2, 0.25) is 0 Å². The van der Waals surface area contributed by atoms with Crippen molar-refractivity contribution in [2.24, 2.45) is 5.10 Å². The average molecular weight is 447 g/mol. The quantitative estimate of drug-likeness (QED) is 0.440. The van der Waals surface area contributed by atoms with Crippen LogP contribution in [-0.2, 0) is 0 Å². The molecule has 146 valence electrons. The summed E-state index contributed by atoms with van der Waals surface area (Å²) in [7, 11) is 0. The zero-order valence-corrected chi connectivity index (χ0v) is 18.1. The first-order valence-electron chi connectivity index (χ1n) is 10.1. The van der Waals surface area contributed by atoms with E-state index in [0.29, 0.717) is 5.92 Å². The Balaban J connectivity index is 1.55. The molecule has 2 atom stereocenters. The maximum atomic E-state index is 6.45. The van der Waals surface area contributed by atoms with E-state index in [2.05, 4.69) is 102 Å². The Morgan fingerprint density at radius 1 is 0.966 bits per heavy atom. The number of rotatable bonds is 3. The second-order valence-electron chi connectivity index (χ2n) is 7.98. The van der Waals surface area contributed by atoms with Gasteiger partial charge in [-0.1, -0.05) is 84.4 Å². The molecule has 0 spiro atoms. The Morgan fingerprint density at radius 3 is 2.41 bits per heavy atom. The van der Waals surface area contributed by atoms with Crippen LogP contribution in [0.25, 0.3) is 0 Å². The molecule has 2 heterocycles. The van der Waals surface area contributed by atoms with E-state index in [9.17, 15) is 0 Å². The first-order chi connectivity index (χ1) is 14.1. The van der Waals surface area contributed by atoms with Crippen molar-refractivity contribution in [3.8, 4) is 5.75 Å². The van der Waals surface area contributed by atoms with Gasteiger partial charge in [0.05, 0.1) is 11.8 Å². The molecular formula is C25H23BrN2O. The van der Waals surface area contributed by atoms with Crippen molar-refractivity contribution in [3.05, 3.63) is 99.5 Å². The minimum absolute atomic E-state index is 0.188. The van der Waals surface area contributed by atoms with Crippen molar-refractivity contribution < 1.29 is 4.74 Å². The maximum absolute atomic E-state index is 6.45. The first kappa shape index (κ1) is 18.4. The molecule has 0 amide bonds. The summed E-state index contributed by atoms with van der Waals surface area (Å²) >= 11 is 3.52. The maximum Gasteiger partial charge on any atom is 0.213 e. The van der Waals surface area contributed by atoms with Gasteiger partial charge in [0, 0.05) is 22.0 Å². The van der Waals surface area contributed by atoms with Gasteiger partial charge in [-0.3, -0.25) is 0 Å². The molecule has 2 aliphatic heterocycles. The Morgan fingerprint density at radius 2 is 1.69 bits per heavy atom. The molecule has 3 nitrogen and oxygen atoms in total. The molecule has 29 heavy (non-hydrogen) atoms. The number of fused-ring (bicyclic) bond motifs is 3. The topological polar surface area (TPSA) is 24.8 Å². The van der Waals surface area contributed by atoms with Crippen molar-refractivity contribution in [1.82, 2.24) is 5.01 Å². The second-order valence-corrected chi connectivity index (χ2v) is 8.90. The van der Waals surface area contributed by atoms with E-state index >= 15 is 0 Å². The zero-order valence-electron chi connectivity index (χ0n) is 16.5. The van der Waals surface area contributed by atoms with Gasteiger partial charge in [-0.15, -0.1) is 0 Å². The van der Waals surface area contributed by atoms with Gasteiger partial charge in [0.15, 0.2) is 0 Å². The minimum Gasteiger partial charge on any atom is -0.464 e. The van der Waals surface area contributed by atoms with Crippen LogP contribution in [-0.4, -0.2) is 10.7 Å². The highest BCUT2D eigenvalue weighted by atomic mass is 79.9. The molecule has 4 heteroatoms. The van der Waals surface area contributed by atoms with Crippen LogP contribution in [0.5, 0.6) is 5.75 Å². The van der Waals surface area contributed by atoms with E-state index in [-0.39, 0.29) is 12.3 Å². The number of hydrazone groups is 1. The fourth-order valence-corrected chi connectivity index (χ4v) is 4.38. The van der Waals surface area contributed by atoms with Gasteiger partial charge in [-0.25, -0.2) is 5.01 Å². The Hall–Kier alpha value is -2.59. The van der Waals surface area contributed by atoms with Crippen molar-refractivity contribution in [2.45, 2.75) is 38.5 Å². The fraction of sp³-hybridized carbons (Fsp3) is 0.240. The summed E-state index contributed by atoms with van der Waals surface area (Å²) in [4.78, 5) is 0. The van der Waals surface area contributed by atoms with Crippen LogP contribution < -0.4 is 4.74 Å². The zero-order chi connectivity index (χ0) is 20.0. The molecule has 5 rings (SSSR count). The lowest BCUT2D eigenvalue weighted by atomic mass is 9.95. The van der Waals surface area contributed by atoms with Crippen molar-refractivity contribution in [2.75, 3.05) is 0 Å². The number of para-hydroxylation sites is 1. The predicted octanol–water partition coefficient (Wildman–Crippen LogP) is 6.81. The van der Waals surface area contributed by atoms with Crippen LogP contribution in [0, 0.1) is 0 Å². The van der Waals surface area contributed by atoms with Crippen LogP contribution in [0.1, 0.15) is 60.7 Å². The third-order valence-electron chi connectivity index (χ3n) is 5.76. The molecule has 0 N–H and O–H groups in total. The number of benzene rings is 3. The molecular weight excluding hydrogens is 424 g/mol. The standard InChI is InChI=1S/C25H23BrN2O/c1-16(2)17-7-9-19(10-8-17)25-28-23(21-5-3-4-6-24(21)29-25)15-22(27-28)18-11-13-20(26)14-12-18/h3-14,16,23,25H,15H2,1-2H3. The predicted molar refractivity (Wildman–Crippen MR) is 120 cm³/mol. The lowest BCUT2D eigenvalue weighted by Gasteiger charge is -2.38. The molecule has 0 aliphatic carbocycles. The number of hydrogen-bond donors (Lipinski definition) is 0. The molecule has 0 saturated heterocycles. The summed E-state index contributed by atoms with van der Waals surface area (Å²) in [6.07, 6.45) is 0.659. The van der Waals surface area contributed by atoms with Gasteiger partial charge in [0.2, 0.25) is 6.23 Å². The molecule has 3 aromatic rings. The molecule has 0 bridgehead atoms. The summed E-state index contributed by atoms with van der Waals surface area (Å²) in [5.41, 5.74) is 5.94. The molecule has 0 radical (unpaired) electrons. The monoisotopic (exact) mass is 446 g/mol. The summed E-state index contributed by atoms with van der Waals surface area (Å²) < 4.78 is 7.53. The summed E-state index contributed by atoms with van der Waals surface area (Å²) in [5.74, 6) is 1.47. The number of ether oxygens (including phenoxy) is 1. The van der Waals surface area contributed by atoms with Crippen LogP contribution in [0.15, 0.2) is 82.4 Å². The number of nitrogens with zero attached hydrogens (tertiary/aromatic N) is 2. The van der Waals surface area contributed by atoms with Crippen LogP contribution >= 0.6 is 15.9 Å². The smallest absolute Gasteiger partial charge is 0.213 e. The molecule has 0 saturated carbocycles. The first-order valence-corrected chi connectivity index (χ1v) is 10.9. The Bertz CT molecular complexity index is 1060. The third kappa shape index (κ3) is 3.36. The summed E-state index contributed by atoms with van der Waals surface area (Å²) in [5, 5.41) is 7.18. The van der Waals surface area contributed by atoms with Gasteiger partial charge >= 0.3 is 0 Å². The van der Waals surface area contributed by atoms with E-state index in [4.69, 9.17) is 9.84 Å². The highest BCUT2D eigenvalue weighted by Gasteiger charge is 2.40.